The summed E-state index contributed by atoms with van der Waals surface area (Å²) in [4.78, 5) is 16.0. The van der Waals surface area contributed by atoms with E-state index in [0.717, 1.165) is 35.7 Å². The lowest BCUT2D eigenvalue weighted by atomic mass is 9.98. The van der Waals surface area contributed by atoms with Gasteiger partial charge in [0.2, 0.25) is 11.8 Å². The molecule has 1 saturated carbocycles. The topological polar surface area (TPSA) is 94.0 Å². The SMILES string of the molecule is CC(=O)NC(Cc1nc(C2(N)CCCC2)no1)c1ccc(Br)cc1.Cl. The highest BCUT2D eigenvalue weighted by molar-refractivity contribution is 9.10. The van der Waals surface area contributed by atoms with Gasteiger partial charge in [-0.3, -0.25) is 4.79 Å². The molecular formula is C17H22BrClN4O2. The number of nitrogens with two attached hydrogens (primary N) is 1. The van der Waals surface area contributed by atoms with Crippen molar-refractivity contribution in [1.82, 2.24) is 15.5 Å². The summed E-state index contributed by atoms with van der Waals surface area (Å²) >= 11 is 3.42. The molecule has 136 valence electrons. The molecule has 1 amide bonds. The van der Waals surface area contributed by atoms with Gasteiger partial charge in [-0.15, -0.1) is 12.4 Å². The Hall–Kier alpha value is -1.44. The minimum Gasteiger partial charge on any atom is -0.349 e. The molecule has 1 heterocycles. The quantitative estimate of drug-likeness (QED) is 0.759. The molecule has 3 N–H and O–H groups in total. The highest BCUT2D eigenvalue weighted by Crippen LogP contribution is 2.34. The molecule has 0 aliphatic heterocycles. The van der Waals surface area contributed by atoms with E-state index in [1.54, 1.807) is 0 Å². The highest BCUT2D eigenvalue weighted by Gasteiger charge is 2.36. The zero-order valence-corrected chi connectivity index (χ0v) is 16.4. The van der Waals surface area contributed by atoms with E-state index < -0.39 is 5.54 Å². The van der Waals surface area contributed by atoms with Gasteiger partial charge in [-0.2, -0.15) is 4.98 Å². The van der Waals surface area contributed by atoms with Crippen LogP contribution in [0, 0.1) is 0 Å². The van der Waals surface area contributed by atoms with Gasteiger partial charge < -0.3 is 15.6 Å². The number of benzene rings is 1. The predicted molar refractivity (Wildman–Crippen MR) is 100 cm³/mol. The summed E-state index contributed by atoms with van der Waals surface area (Å²) in [6.45, 7) is 1.50. The molecular weight excluding hydrogens is 408 g/mol. The fourth-order valence-electron chi connectivity index (χ4n) is 3.14. The first-order valence-electron chi connectivity index (χ1n) is 8.11. The molecule has 1 aliphatic rings. The van der Waals surface area contributed by atoms with Crippen LogP contribution >= 0.6 is 28.3 Å². The number of aromatic nitrogens is 2. The van der Waals surface area contributed by atoms with Crippen LogP contribution in [0.3, 0.4) is 0 Å². The number of amides is 1. The standard InChI is InChI=1S/C17H21BrN4O2.ClH/c1-11(23)20-14(12-4-6-13(18)7-5-12)10-15-21-16(22-24-15)17(19)8-2-3-9-17;/h4-7,14H,2-3,8-10,19H2,1H3,(H,20,23);1H. The smallest absolute Gasteiger partial charge is 0.229 e. The van der Waals surface area contributed by atoms with E-state index in [9.17, 15) is 4.79 Å². The lowest BCUT2D eigenvalue weighted by Crippen LogP contribution is -2.34. The molecule has 0 radical (unpaired) electrons. The Balaban J connectivity index is 0.00000225. The molecule has 0 saturated heterocycles. The average Bonchev–Trinajstić information content (AvgIpc) is 3.17. The summed E-state index contributed by atoms with van der Waals surface area (Å²) in [5.41, 5.74) is 6.89. The second kappa shape index (κ2) is 8.29. The molecule has 1 fully saturated rings. The highest BCUT2D eigenvalue weighted by atomic mass is 79.9. The van der Waals surface area contributed by atoms with Gasteiger partial charge >= 0.3 is 0 Å². The van der Waals surface area contributed by atoms with Gasteiger partial charge in [-0.1, -0.05) is 46.1 Å². The van der Waals surface area contributed by atoms with Crippen LogP contribution in [0.2, 0.25) is 0 Å². The second-order valence-electron chi connectivity index (χ2n) is 6.38. The number of nitrogens with zero attached hydrogens (tertiary/aromatic N) is 2. The lowest BCUT2D eigenvalue weighted by molar-refractivity contribution is -0.119. The monoisotopic (exact) mass is 428 g/mol. The van der Waals surface area contributed by atoms with E-state index in [1.807, 2.05) is 24.3 Å². The van der Waals surface area contributed by atoms with Crippen LogP contribution in [0.1, 0.15) is 55.9 Å². The average molecular weight is 430 g/mol. The van der Waals surface area contributed by atoms with Gasteiger partial charge in [0.25, 0.3) is 0 Å². The number of hydrogen-bond donors (Lipinski definition) is 2. The molecule has 2 aromatic rings. The van der Waals surface area contributed by atoms with Crippen molar-refractivity contribution >= 4 is 34.2 Å². The van der Waals surface area contributed by atoms with E-state index in [2.05, 4.69) is 31.4 Å². The minimum absolute atomic E-state index is 0. The molecule has 1 unspecified atom stereocenters. The van der Waals surface area contributed by atoms with Gasteiger partial charge in [0.05, 0.1) is 18.0 Å². The van der Waals surface area contributed by atoms with Crippen LogP contribution in [0.15, 0.2) is 33.3 Å². The zero-order chi connectivity index (χ0) is 17.2. The predicted octanol–water partition coefficient (Wildman–Crippen LogP) is 3.40. The molecule has 8 heteroatoms. The molecule has 0 spiro atoms. The van der Waals surface area contributed by atoms with Crippen LogP contribution in [-0.2, 0) is 16.8 Å². The molecule has 1 aliphatic carbocycles. The Morgan fingerprint density at radius 1 is 1.36 bits per heavy atom. The Morgan fingerprint density at radius 2 is 2.00 bits per heavy atom. The van der Waals surface area contributed by atoms with Crippen molar-refractivity contribution in [3.05, 3.63) is 46.0 Å². The summed E-state index contributed by atoms with van der Waals surface area (Å²) < 4.78 is 6.38. The van der Waals surface area contributed by atoms with E-state index in [1.165, 1.54) is 6.92 Å². The summed E-state index contributed by atoms with van der Waals surface area (Å²) in [5.74, 6) is 0.963. The van der Waals surface area contributed by atoms with Gasteiger partial charge in [-0.25, -0.2) is 0 Å². The first-order valence-corrected chi connectivity index (χ1v) is 8.90. The van der Waals surface area contributed by atoms with Crippen molar-refractivity contribution < 1.29 is 9.32 Å². The van der Waals surface area contributed by atoms with E-state index >= 15 is 0 Å². The maximum atomic E-state index is 11.5. The zero-order valence-electron chi connectivity index (χ0n) is 14.0. The van der Waals surface area contributed by atoms with Gasteiger partial charge in [0, 0.05) is 11.4 Å². The van der Waals surface area contributed by atoms with Gasteiger partial charge in [0.15, 0.2) is 5.82 Å². The third-order valence-electron chi connectivity index (χ3n) is 4.44. The third-order valence-corrected chi connectivity index (χ3v) is 4.97. The fraction of sp³-hybridized carbons (Fsp3) is 0.471. The number of rotatable bonds is 5. The normalized spacial score (nSPS) is 16.9. The van der Waals surface area contributed by atoms with Crippen molar-refractivity contribution in [2.24, 2.45) is 5.73 Å². The molecule has 0 bridgehead atoms. The second-order valence-corrected chi connectivity index (χ2v) is 7.30. The minimum atomic E-state index is -0.469. The summed E-state index contributed by atoms with van der Waals surface area (Å²) in [7, 11) is 0. The molecule has 1 aromatic carbocycles. The number of nitrogens with one attached hydrogen (secondary N) is 1. The van der Waals surface area contributed by atoms with E-state index in [0.29, 0.717) is 18.1 Å². The number of carbonyl (C=O) groups excluding carboxylic acids is 1. The lowest BCUT2D eigenvalue weighted by Gasteiger charge is -2.18. The number of hydrogen-bond acceptors (Lipinski definition) is 5. The largest absolute Gasteiger partial charge is 0.349 e. The Bertz CT molecular complexity index is 714. The summed E-state index contributed by atoms with van der Waals surface area (Å²) in [6.07, 6.45) is 4.38. The number of carbonyl (C=O) groups is 1. The maximum Gasteiger partial charge on any atom is 0.229 e. The van der Waals surface area contributed by atoms with Crippen molar-refractivity contribution in [3.8, 4) is 0 Å². The first-order chi connectivity index (χ1) is 11.5. The van der Waals surface area contributed by atoms with Crippen LogP contribution in [-0.4, -0.2) is 16.0 Å². The fourth-order valence-corrected chi connectivity index (χ4v) is 3.40. The summed E-state index contributed by atoms with van der Waals surface area (Å²) in [6, 6.07) is 7.58. The third kappa shape index (κ3) is 4.80. The van der Waals surface area contributed by atoms with Gasteiger partial charge in [-0.05, 0) is 30.5 Å². The van der Waals surface area contributed by atoms with Crippen LogP contribution in [0.25, 0.3) is 0 Å². The Morgan fingerprint density at radius 3 is 2.60 bits per heavy atom. The van der Waals surface area contributed by atoms with Crippen molar-refractivity contribution in [1.29, 1.82) is 0 Å². The van der Waals surface area contributed by atoms with Crippen molar-refractivity contribution in [2.45, 2.75) is 50.6 Å². The van der Waals surface area contributed by atoms with E-state index in [-0.39, 0.29) is 24.4 Å². The molecule has 25 heavy (non-hydrogen) atoms. The van der Waals surface area contributed by atoms with E-state index in [4.69, 9.17) is 10.3 Å². The Kier molecular flexibility index (Phi) is 6.59. The van der Waals surface area contributed by atoms with Crippen LogP contribution in [0.5, 0.6) is 0 Å². The first kappa shape index (κ1) is 19.9. The van der Waals surface area contributed by atoms with Crippen molar-refractivity contribution in [2.75, 3.05) is 0 Å². The molecule has 3 rings (SSSR count). The van der Waals surface area contributed by atoms with Crippen molar-refractivity contribution in [3.63, 3.8) is 0 Å². The molecule has 6 nitrogen and oxygen atoms in total. The van der Waals surface area contributed by atoms with Gasteiger partial charge in [0.1, 0.15) is 0 Å². The maximum absolute atomic E-state index is 11.5. The number of halogens is 2. The van der Waals surface area contributed by atoms with Crippen LogP contribution < -0.4 is 11.1 Å². The summed E-state index contributed by atoms with van der Waals surface area (Å²) in [5, 5.41) is 7.02. The Labute approximate surface area is 161 Å². The molecule has 1 atom stereocenters. The molecule has 1 aromatic heterocycles. The van der Waals surface area contributed by atoms with Crippen LogP contribution in [0.4, 0.5) is 0 Å².